The SMILES string of the molecule is CC(C)(C)OC(=O)N1CCC(O)(CNCCOCCO)CC1. The predicted molar refractivity (Wildman–Crippen MR) is 82.8 cm³/mol. The number of hydrogen-bond acceptors (Lipinski definition) is 6. The predicted octanol–water partition coefficient (Wildman–Crippen LogP) is 0.347. The smallest absolute Gasteiger partial charge is 0.410 e. The molecule has 1 fully saturated rings. The Bertz CT molecular complexity index is 335. The molecule has 0 aromatic rings. The summed E-state index contributed by atoms with van der Waals surface area (Å²) in [7, 11) is 0. The Kier molecular flexibility index (Phi) is 7.55. The van der Waals surface area contributed by atoms with E-state index in [2.05, 4.69) is 5.32 Å². The number of nitrogens with one attached hydrogen (secondary N) is 1. The molecule has 0 radical (unpaired) electrons. The van der Waals surface area contributed by atoms with Crippen LogP contribution in [0.5, 0.6) is 0 Å². The van der Waals surface area contributed by atoms with E-state index in [0.717, 1.165) is 0 Å². The van der Waals surface area contributed by atoms with Crippen molar-refractivity contribution in [2.45, 2.75) is 44.8 Å². The number of aliphatic hydroxyl groups is 2. The molecule has 0 aromatic heterocycles. The number of carbonyl (C=O) groups is 1. The van der Waals surface area contributed by atoms with Crippen LogP contribution < -0.4 is 5.32 Å². The lowest BCUT2D eigenvalue weighted by Crippen LogP contribution is -2.52. The first kappa shape index (κ1) is 19.2. The van der Waals surface area contributed by atoms with Crippen LogP contribution in [0.25, 0.3) is 0 Å². The highest BCUT2D eigenvalue weighted by Crippen LogP contribution is 2.23. The number of amides is 1. The fourth-order valence-corrected chi connectivity index (χ4v) is 2.24. The summed E-state index contributed by atoms with van der Waals surface area (Å²) in [5, 5.41) is 22.2. The second kappa shape index (κ2) is 8.67. The van der Waals surface area contributed by atoms with Crippen LogP contribution in [-0.4, -0.2) is 78.4 Å². The molecule has 22 heavy (non-hydrogen) atoms. The van der Waals surface area contributed by atoms with E-state index in [0.29, 0.717) is 52.2 Å². The number of rotatable bonds is 7. The highest BCUT2D eigenvalue weighted by molar-refractivity contribution is 5.68. The van der Waals surface area contributed by atoms with Crippen molar-refractivity contribution in [1.82, 2.24) is 10.2 Å². The summed E-state index contributed by atoms with van der Waals surface area (Å²) in [6.07, 6.45) is 0.730. The van der Waals surface area contributed by atoms with Crippen molar-refractivity contribution in [3.63, 3.8) is 0 Å². The molecule has 7 heteroatoms. The highest BCUT2D eigenvalue weighted by atomic mass is 16.6. The highest BCUT2D eigenvalue weighted by Gasteiger charge is 2.34. The Morgan fingerprint density at radius 3 is 2.45 bits per heavy atom. The number of likely N-dealkylation sites (tertiary alicyclic amines) is 1. The van der Waals surface area contributed by atoms with Gasteiger partial charge in [0, 0.05) is 26.2 Å². The molecule has 0 saturated carbocycles. The van der Waals surface area contributed by atoms with E-state index in [9.17, 15) is 9.90 Å². The summed E-state index contributed by atoms with van der Waals surface area (Å²) >= 11 is 0. The van der Waals surface area contributed by atoms with Crippen molar-refractivity contribution < 1.29 is 24.5 Å². The van der Waals surface area contributed by atoms with E-state index in [-0.39, 0.29) is 12.7 Å². The van der Waals surface area contributed by atoms with Gasteiger partial charge >= 0.3 is 6.09 Å². The molecule has 1 aliphatic heterocycles. The lowest BCUT2D eigenvalue weighted by Gasteiger charge is -2.38. The second-order valence-electron chi connectivity index (χ2n) is 6.70. The van der Waals surface area contributed by atoms with Gasteiger partial charge in [-0.3, -0.25) is 0 Å². The lowest BCUT2D eigenvalue weighted by molar-refractivity contribution is -0.0316. The van der Waals surface area contributed by atoms with Crippen LogP contribution in [0.4, 0.5) is 4.79 Å². The third-order valence-electron chi connectivity index (χ3n) is 3.46. The van der Waals surface area contributed by atoms with Gasteiger partial charge in [0.2, 0.25) is 0 Å². The number of piperidine rings is 1. The normalized spacial score (nSPS) is 18.3. The van der Waals surface area contributed by atoms with Gasteiger partial charge in [0.1, 0.15) is 5.60 Å². The van der Waals surface area contributed by atoms with Gasteiger partial charge in [-0.05, 0) is 33.6 Å². The summed E-state index contributed by atoms with van der Waals surface area (Å²) in [4.78, 5) is 13.6. The zero-order valence-corrected chi connectivity index (χ0v) is 13.9. The maximum Gasteiger partial charge on any atom is 0.410 e. The number of carbonyl (C=O) groups excluding carboxylic acids is 1. The summed E-state index contributed by atoms with van der Waals surface area (Å²) < 4.78 is 10.5. The molecule has 0 aromatic carbocycles. The van der Waals surface area contributed by atoms with Crippen molar-refractivity contribution in [2.75, 3.05) is 46.0 Å². The molecule has 0 unspecified atom stereocenters. The molecular formula is C15H30N2O5. The summed E-state index contributed by atoms with van der Waals surface area (Å²) in [6, 6.07) is 0. The molecule has 7 nitrogen and oxygen atoms in total. The van der Waals surface area contributed by atoms with Crippen LogP contribution in [0.1, 0.15) is 33.6 Å². The van der Waals surface area contributed by atoms with Gasteiger partial charge in [0.15, 0.2) is 0 Å². The van der Waals surface area contributed by atoms with E-state index in [1.807, 2.05) is 20.8 Å². The first-order valence-electron chi connectivity index (χ1n) is 7.85. The first-order chi connectivity index (χ1) is 10.3. The van der Waals surface area contributed by atoms with E-state index in [1.54, 1.807) is 4.90 Å². The standard InChI is InChI=1S/C15H30N2O5/c1-14(2,3)22-13(19)17-7-4-15(20,5-8-17)12-16-6-10-21-11-9-18/h16,18,20H,4-12H2,1-3H3. The summed E-state index contributed by atoms with van der Waals surface area (Å²) in [5.41, 5.74) is -1.30. The minimum Gasteiger partial charge on any atom is -0.444 e. The van der Waals surface area contributed by atoms with Gasteiger partial charge < -0.3 is 29.9 Å². The molecule has 0 aliphatic carbocycles. The van der Waals surface area contributed by atoms with Crippen LogP contribution in [0.15, 0.2) is 0 Å². The van der Waals surface area contributed by atoms with Crippen LogP contribution in [-0.2, 0) is 9.47 Å². The Balaban J connectivity index is 2.24. The molecule has 0 bridgehead atoms. The van der Waals surface area contributed by atoms with Gasteiger partial charge in [-0.1, -0.05) is 0 Å². The molecule has 0 atom stereocenters. The molecule has 130 valence electrons. The van der Waals surface area contributed by atoms with Gasteiger partial charge in [0.05, 0.1) is 25.4 Å². The number of aliphatic hydroxyl groups excluding tert-OH is 1. The summed E-state index contributed by atoms with van der Waals surface area (Å²) in [6.45, 7) is 8.45. The first-order valence-corrected chi connectivity index (χ1v) is 7.85. The number of ether oxygens (including phenoxy) is 2. The van der Waals surface area contributed by atoms with Crippen molar-refractivity contribution >= 4 is 6.09 Å². The van der Waals surface area contributed by atoms with Crippen molar-refractivity contribution in [3.8, 4) is 0 Å². The third kappa shape index (κ3) is 7.40. The fourth-order valence-electron chi connectivity index (χ4n) is 2.24. The van der Waals surface area contributed by atoms with Crippen molar-refractivity contribution in [1.29, 1.82) is 0 Å². The molecular weight excluding hydrogens is 288 g/mol. The minimum atomic E-state index is -0.796. The molecule has 0 spiro atoms. The molecule has 1 saturated heterocycles. The second-order valence-corrected chi connectivity index (χ2v) is 6.70. The Morgan fingerprint density at radius 1 is 1.27 bits per heavy atom. The van der Waals surface area contributed by atoms with Gasteiger partial charge in [-0.25, -0.2) is 4.79 Å². The minimum absolute atomic E-state index is 0.0183. The average Bonchev–Trinajstić information content (AvgIpc) is 2.41. The Hall–Kier alpha value is -0.890. The molecule has 1 aliphatic rings. The quantitative estimate of drug-likeness (QED) is 0.587. The average molecular weight is 318 g/mol. The largest absolute Gasteiger partial charge is 0.444 e. The van der Waals surface area contributed by atoms with Crippen molar-refractivity contribution in [2.24, 2.45) is 0 Å². The molecule has 1 amide bonds. The Labute approximate surface area is 132 Å². The maximum atomic E-state index is 12.0. The lowest BCUT2D eigenvalue weighted by atomic mass is 9.91. The van der Waals surface area contributed by atoms with Crippen LogP contribution in [0.3, 0.4) is 0 Å². The topological polar surface area (TPSA) is 91.3 Å². The van der Waals surface area contributed by atoms with E-state index < -0.39 is 11.2 Å². The van der Waals surface area contributed by atoms with Crippen molar-refractivity contribution in [3.05, 3.63) is 0 Å². The third-order valence-corrected chi connectivity index (χ3v) is 3.46. The van der Waals surface area contributed by atoms with Gasteiger partial charge in [-0.15, -0.1) is 0 Å². The van der Waals surface area contributed by atoms with E-state index in [1.165, 1.54) is 0 Å². The van der Waals surface area contributed by atoms with E-state index in [4.69, 9.17) is 14.6 Å². The van der Waals surface area contributed by atoms with Gasteiger partial charge in [0.25, 0.3) is 0 Å². The van der Waals surface area contributed by atoms with Crippen LogP contribution in [0, 0.1) is 0 Å². The van der Waals surface area contributed by atoms with Crippen LogP contribution in [0.2, 0.25) is 0 Å². The number of hydrogen-bond donors (Lipinski definition) is 3. The molecule has 1 rings (SSSR count). The zero-order valence-electron chi connectivity index (χ0n) is 13.9. The molecule has 1 heterocycles. The molecule has 3 N–H and O–H groups in total. The fraction of sp³-hybridized carbons (Fsp3) is 0.933. The summed E-state index contributed by atoms with van der Waals surface area (Å²) in [5.74, 6) is 0. The van der Waals surface area contributed by atoms with Crippen LogP contribution >= 0.6 is 0 Å². The number of nitrogens with zero attached hydrogens (tertiary/aromatic N) is 1. The van der Waals surface area contributed by atoms with E-state index >= 15 is 0 Å². The Morgan fingerprint density at radius 2 is 1.91 bits per heavy atom. The monoisotopic (exact) mass is 318 g/mol. The maximum absolute atomic E-state index is 12.0. The zero-order chi connectivity index (χ0) is 16.6. The van der Waals surface area contributed by atoms with Gasteiger partial charge in [-0.2, -0.15) is 0 Å².